The predicted octanol–water partition coefficient (Wildman–Crippen LogP) is 2.52. The first-order chi connectivity index (χ1) is 11.8. The smallest absolute Gasteiger partial charge is 0.321 e. The molecule has 4 N–H and O–H groups in total. The molecule has 0 unspecified atom stereocenters. The lowest BCUT2D eigenvalue weighted by Crippen LogP contribution is -2.42. The van der Waals surface area contributed by atoms with Crippen LogP contribution in [-0.2, 0) is 0 Å². The minimum atomic E-state index is -0.933. The van der Waals surface area contributed by atoms with Gasteiger partial charge in [-0.15, -0.1) is 0 Å². The number of nitrogens with one attached hydrogen (secondary N) is 3. The third kappa shape index (κ3) is 5.94. The Labute approximate surface area is 148 Å². The maximum absolute atomic E-state index is 12.1. The predicted molar refractivity (Wildman–Crippen MR) is 98.9 cm³/mol. The van der Waals surface area contributed by atoms with Crippen molar-refractivity contribution < 1.29 is 14.7 Å². The summed E-state index contributed by atoms with van der Waals surface area (Å²) in [6, 6.07) is 6.60. The van der Waals surface area contributed by atoms with E-state index in [9.17, 15) is 14.7 Å². The van der Waals surface area contributed by atoms with Crippen LogP contribution in [0.1, 0.15) is 33.6 Å². The van der Waals surface area contributed by atoms with Crippen molar-refractivity contribution in [3.05, 3.63) is 24.3 Å². The van der Waals surface area contributed by atoms with Gasteiger partial charge in [0.1, 0.15) is 0 Å². The highest BCUT2D eigenvalue weighted by Gasteiger charge is 2.22. The van der Waals surface area contributed by atoms with Gasteiger partial charge in [-0.2, -0.15) is 0 Å². The number of carbonyl (C=O) groups excluding carboxylic acids is 2. The van der Waals surface area contributed by atoms with E-state index in [0.29, 0.717) is 31.1 Å². The summed E-state index contributed by atoms with van der Waals surface area (Å²) in [6.45, 7) is 7.32. The Morgan fingerprint density at radius 1 is 1.44 bits per heavy atom. The van der Waals surface area contributed by atoms with Gasteiger partial charge < -0.3 is 21.1 Å². The Kier molecular flexibility index (Phi) is 6.25. The van der Waals surface area contributed by atoms with Crippen molar-refractivity contribution in [2.45, 2.75) is 39.2 Å². The van der Waals surface area contributed by atoms with Crippen molar-refractivity contribution in [1.82, 2.24) is 10.6 Å². The molecule has 7 heteroatoms. The molecule has 0 spiro atoms. The van der Waals surface area contributed by atoms with Crippen LogP contribution in [0.3, 0.4) is 0 Å². The van der Waals surface area contributed by atoms with Crippen LogP contribution in [0, 0.1) is 5.92 Å². The minimum Gasteiger partial charge on any atom is -0.388 e. The normalized spacial score (nSPS) is 16.5. The molecular weight excluding hydrogens is 320 g/mol. The summed E-state index contributed by atoms with van der Waals surface area (Å²) in [5, 5.41) is 18.5. The van der Waals surface area contributed by atoms with E-state index >= 15 is 0 Å². The first-order valence-corrected chi connectivity index (χ1v) is 8.69. The van der Waals surface area contributed by atoms with E-state index in [1.807, 2.05) is 6.07 Å². The van der Waals surface area contributed by atoms with Gasteiger partial charge in [-0.25, -0.2) is 9.59 Å². The molecule has 1 aromatic carbocycles. The molecule has 1 heterocycles. The molecule has 0 bridgehead atoms. The van der Waals surface area contributed by atoms with Crippen molar-refractivity contribution in [3.63, 3.8) is 0 Å². The van der Waals surface area contributed by atoms with Crippen LogP contribution < -0.4 is 20.9 Å². The number of anilines is 2. The van der Waals surface area contributed by atoms with Crippen LogP contribution in [0.5, 0.6) is 0 Å². The Morgan fingerprint density at radius 2 is 2.20 bits per heavy atom. The number of aliphatic hydroxyl groups is 1. The zero-order valence-electron chi connectivity index (χ0n) is 15.1. The van der Waals surface area contributed by atoms with Crippen molar-refractivity contribution in [3.8, 4) is 0 Å². The van der Waals surface area contributed by atoms with E-state index in [2.05, 4.69) is 29.8 Å². The molecule has 1 aromatic rings. The second-order valence-corrected chi connectivity index (χ2v) is 7.17. The van der Waals surface area contributed by atoms with Gasteiger partial charge in [0.15, 0.2) is 0 Å². The minimum absolute atomic E-state index is 0.136. The van der Waals surface area contributed by atoms with Crippen LogP contribution in [0.25, 0.3) is 0 Å². The standard InChI is InChI=1S/C18H28N4O3/c1-13(2)7-8-18(3,25)12-20-16(23)21-14-5-4-6-15(11-14)22-10-9-19-17(22)24/h4-6,11,13,25H,7-10,12H2,1-3H3,(H,19,24)(H2,20,21,23)/t18-/m1/s1. The summed E-state index contributed by atoms with van der Waals surface area (Å²) in [5.74, 6) is 0.505. The lowest BCUT2D eigenvalue weighted by molar-refractivity contribution is 0.0481. The summed E-state index contributed by atoms with van der Waals surface area (Å²) >= 11 is 0. The van der Waals surface area contributed by atoms with E-state index in [4.69, 9.17) is 0 Å². The second kappa shape index (κ2) is 8.20. The Bertz CT molecular complexity index is 616. The van der Waals surface area contributed by atoms with E-state index in [1.165, 1.54) is 0 Å². The summed E-state index contributed by atoms with van der Waals surface area (Å²) < 4.78 is 0. The number of rotatable bonds is 7. The van der Waals surface area contributed by atoms with E-state index in [-0.39, 0.29) is 18.6 Å². The molecule has 2 rings (SSSR count). The molecule has 1 atom stereocenters. The van der Waals surface area contributed by atoms with Crippen molar-refractivity contribution in [2.24, 2.45) is 5.92 Å². The summed E-state index contributed by atoms with van der Waals surface area (Å²) in [4.78, 5) is 25.4. The fourth-order valence-electron chi connectivity index (χ4n) is 2.60. The molecule has 1 aliphatic rings. The van der Waals surface area contributed by atoms with E-state index in [0.717, 1.165) is 12.1 Å². The molecule has 1 fully saturated rings. The van der Waals surface area contributed by atoms with Crippen molar-refractivity contribution in [1.29, 1.82) is 0 Å². The lowest BCUT2D eigenvalue weighted by atomic mass is 9.95. The second-order valence-electron chi connectivity index (χ2n) is 7.17. The summed E-state index contributed by atoms with van der Waals surface area (Å²) in [5.41, 5.74) is 0.394. The fourth-order valence-corrected chi connectivity index (χ4v) is 2.60. The first kappa shape index (κ1) is 19.1. The Morgan fingerprint density at radius 3 is 2.84 bits per heavy atom. The van der Waals surface area contributed by atoms with Gasteiger partial charge in [-0.3, -0.25) is 4.90 Å². The highest BCUT2D eigenvalue weighted by atomic mass is 16.3. The van der Waals surface area contributed by atoms with Gasteiger partial charge in [0.2, 0.25) is 0 Å². The molecule has 25 heavy (non-hydrogen) atoms. The van der Waals surface area contributed by atoms with Crippen LogP contribution in [0.2, 0.25) is 0 Å². The maximum Gasteiger partial charge on any atom is 0.321 e. The SMILES string of the molecule is CC(C)CC[C@@](C)(O)CNC(=O)Nc1cccc(N2CCNC2=O)c1. The number of carbonyl (C=O) groups is 2. The molecule has 0 aliphatic carbocycles. The molecule has 0 aromatic heterocycles. The lowest BCUT2D eigenvalue weighted by Gasteiger charge is -2.24. The number of nitrogens with zero attached hydrogens (tertiary/aromatic N) is 1. The molecule has 0 saturated carbocycles. The van der Waals surface area contributed by atoms with Crippen molar-refractivity contribution in [2.75, 3.05) is 29.9 Å². The largest absolute Gasteiger partial charge is 0.388 e. The van der Waals surface area contributed by atoms with Gasteiger partial charge in [0, 0.05) is 31.0 Å². The summed E-state index contributed by atoms with van der Waals surface area (Å²) in [6.07, 6.45) is 1.53. The van der Waals surface area contributed by atoms with Crippen LogP contribution >= 0.6 is 0 Å². The van der Waals surface area contributed by atoms with Gasteiger partial charge in [-0.1, -0.05) is 19.9 Å². The average molecular weight is 348 g/mol. The highest BCUT2D eigenvalue weighted by Crippen LogP contribution is 2.21. The molecule has 1 saturated heterocycles. The van der Waals surface area contributed by atoms with Crippen molar-refractivity contribution >= 4 is 23.4 Å². The zero-order chi connectivity index (χ0) is 18.4. The number of hydrogen-bond donors (Lipinski definition) is 4. The number of hydrogen-bond acceptors (Lipinski definition) is 3. The van der Waals surface area contributed by atoms with E-state index < -0.39 is 5.60 Å². The van der Waals surface area contributed by atoms with Gasteiger partial charge in [-0.05, 0) is 43.9 Å². The topological polar surface area (TPSA) is 93.7 Å². The number of urea groups is 2. The van der Waals surface area contributed by atoms with Gasteiger partial charge in [0.05, 0.1) is 5.60 Å². The molecule has 4 amide bonds. The molecule has 0 radical (unpaired) electrons. The third-order valence-corrected chi connectivity index (χ3v) is 4.16. The fraction of sp³-hybridized carbons (Fsp3) is 0.556. The van der Waals surface area contributed by atoms with Gasteiger partial charge >= 0.3 is 12.1 Å². The maximum atomic E-state index is 12.1. The molecule has 7 nitrogen and oxygen atoms in total. The monoisotopic (exact) mass is 348 g/mol. The third-order valence-electron chi connectivity index (χ3n) is 4.16. The first-order valence-electron chi connectivity index (χ1n) is 8.69. The highest BCUT2D eigenvalue weighted by molar-refractivity contribution is 5.95. The summed E-state index contributed by atoms with van der Waals surface area (Å²) in [7, 11) is 0. The van der Waals surface area contributed by atoms with Crippen LogP contribution in [-0.4, -0.2) is 42.4 Å². The average Bonchev–Trinajstić information content (AvgIpc) is 2.98. The quantitative estimate of drug-likeness (QED) is 0.610. The number of amides is 4. The zero-order valence-corrected chi connectivity index (χ0v) is 15.1. The Balaban J connectivity index is 1.87. The van der Waals surface area contributed by atoms with Gasteiger partial charge in [0.25, 0.3) is 0 Å². The molecular formula is C18H28N4O3. The Hall–Kier alpha value is -2.28. The van der Waals surface area contributed by atoms with Crippen LogP contribution in [0.15, 0.2) is 24.3 Å². The molecule has 1 aliphatic heterocycles. The number of benzene rings is 1. The van der Waals surface area contributed by atoms with E-state index in [1.54, 1.807) is 30.0 Å². The van der Waals surface area contributed by atoms with Crippen LogP contribution in [0.4, 0.5) is 21.0 Å². The molecule has 138 valence electrons.